The number of rotatable bonds is 5. The molecule has 10 nitrogen and oxygen atoms in total. The van der Waals surface area contributed by atoms with Gasteiger partial charge in [0.1, 0.15) is 11.6 Å². The first-order valence-electron chi connectivity index (χ1n) is 12.6. The molecule has 34 heavy (non-hydrogen) atoms. The lowest BCUT2D eigenvalue weighted by molar-refractivity contribution is -0.124. The van der Waals surface area contributed by atoms with E-state index in [1.54, 1.807) is 14.1 Å². The van der Waals surface area contributed by atoms with Gasteiger partial charge >= 0.3 is 6.03 Å². The molecule has 0 aromatic rings. The number of hydrogen-bond donors (Lipinski definition) is 2. The molecule has 3 fully saturated rings. The number of amides is 3. The van der Waals surface area contributed by atoms with E-state index in [0.29, 0.717) is 57.4 Å². The molecule has 1 saturated carbocycles. The van der Waals surface area contributed by atoms with Gasteiger partial charge in [-0.2, -0.15) is 5.26 Å². The second-order valence-electron chi connectivity index (χ2n) is 10.1. The van der Waals surface area contributed by atoms with Crippen molar-refractivity contribution in [1.29, 1.82) is 5.26 Å². The third-order valence-corrected chi connectivity index (χ3v) is 7.21. The van der Waals surface area contributed by atoms with Crippen LogP contribution in [0.1, 0.15) is 51.4 Å². The molecule has 3 rings (SSSR count). The Kier molecular flexibility index (Phi) is 9.54. The molecule has 1 unspecified atom stereocenters. The van der Waals surface area contributed by atoms with E-state index in [-0.39, 0.29) is 11.9 Å². The Morgan fingerprint density at radius 2 is 1.79 bits per heavy atom. The summed E-state index contributed by atoms with van der Waals surface area (Å²) in [4.78, 5) is 36.6. The third-order valence-electron chi connectivity index (χ3n) is 7.21. The van der Waals surface area contributed by atoms with Crippen molar-refractivity contribution in [3.8, 4) is 6.07 Å². The topological polar surface area (TPSA) is 113 Å². The number of likely N-dealkylation sites (tertiary alicyclic amines) is 1. The number of morpholine rings is 1. The average molecular weight is 476 g/mol. The Morgan fingerprint density at radius 1 is 1.15 bits per heavy atom. The molecule has 0 spiro atoms. The molecule has 3 aliphatic rings. The van der Waals surface area contributed by atoms with Crippen LogP contribution in [0.25, 0.3) is 0 Å². The quantitative estimate of drug-likeness (QED) is 0.459. The smallest absolute Gasteiger partial charge is 0.323 e. The second-order valence-corrected chi connectivity index (χ2v) is 10.1. The number of carbonyl (C=O) groups excluding carboxylic acids is 2. The van der Waals surface area contributed by atoms with Crippen molar-refractivity contribution in [3.05, 3.63) is 0 Å². The molecule has 2 heterocycles. The van der Waals surface area contributed by atoms with Gasteiger partial charge in [-0.1, -0.05) is 32.1 Å². The average Bonchev–Trinajstić information content (AvgIpc) is 2.85. The number of hydrogen-bond acceptors (Lipinski definition) is 6. The van der Waals surface area contributed by atoms with E-state index < -0.39 is 11.6 Å². The minimum atomic E-state index is -0.865. The molecular weight excluding hydrogens is 434 g/mol. The lowest BCUT2D eigenvalue weighted by Crippen LogP contribution is -2.56. The number of nitrogens with zero attached hydrogens (tertiary/aromatic N) is 5. The van der Waals surface area contributed by atoms with E-state index in [0.717, 1.165) is 25.9 Å². The normalized spacial score (nSPS) is 23.0. The first-order valence-corrected chi connectivity index (χ1v) is 12.6. The van der Waals surface area contributed by atoms with Crippen LogP contribution in [0.15, 0.2) is 4.99 Å². The molecule has 2 saturated heterocycles. The van der Waals surface area contributed by atoms with Crippen LogP contribution in [0, 0.1) is 17.2 Å². The van der Waals surface area contributed by atoms with Crippen LogP contribution in [-0.4, -0.2) is 105 Å². The fraction of sp³-hybridized carbons (Fsp3) is 0.833. The molecule has 0 aromatic heterocycles. The SMILES string of the molecule is CN1CCC(C#N)(NC(=O)C(CC2CCCCC2)N=C(NC(=O)N(C)C)N2CCOCC2)CC1. The van der Waals surface area contributed by atoms with E-state index in [1.165, 1.54) is 24.2 Å². The Hall–Kier alpha value is -2.38. The van der Waals surface area contributed by atoms with E-state index in [1.807, 2.05) is 11.9 Å². The second kappa shape index (κ2) is 12.4. The largest absolute Gasteiger partial charge is 0.378 e. The maximum Gasteiger partial charge on any atom is 0.323 e. The third kappa shape index (κ3) is 7.31. The van der Waals surface area contributed by atoms with E-state index >= 15 is 0 Å². The summed E-state index contributed by atoms with van der Waals surface area (Å²) in [6, 6.07) is 1.44. The molecule has 10 heteroatoms. The predicted molar refractivity (Wildman–Crippen MR) is 130 cm³/mol. The van der Waals surface area contributed by atoms with Crippen molar-refractivity contribution in [2.45, 2.75) is 62.9 Å². The fourth-order valence-corrected chi connectivity index (χ4v) is 4.86. The van der Waals surface area contributed by atoms with E-state index in [2.05, 4.69) is 21.6 Å². The van der Waals surface area contributed by atoms with Crippen LogP contribution < -0.4 is 10.6 Å². The molecule has 2 aliphatic heterocycles. The van der Waals surface area contributed by atoms with Gasteiger partial charge in [-0.3, -0.25) is 10.1 Å². The first kappa shape index (κ1) is 26.2. The van der Waals surface area contributed by atoms with Crippen molar-refractivity contribution < 1.29 is 14.3 Å². The Labute approximate surface area is 203 Å². The molecule has 0 radical (unpaired) electrons. The first-order chi connectivity index (χ1) is 16.3. The van der Waals surface area contributed by atoms with Gasteiger partial charge in [-0.15, -0.1) is 0 Å². The molecule has 1 atom stereocenters. The molecular formula is C24H41N7O3. The number of nitriles is 1. The maximum absolute atomic E-state index is 13.6. The number of carbonyl (C=O) groups is 2. The zero-order chi connectivity index (χ0) is 24.6. The Bertz CT molecular complexity index is 759. The number of piperidine rings is 1. The van der Waals surface area contributed by atoms with Crippen molar-refractivity contribution >= 4 is 17.9 Å². The van der Waals surface area contributed by atoms with E-state index in [9.17, 15) is 14.9 Å². The van der Waals surface area contributed by atoms with Crippen molar-refractivity contribution in [3.63, 3.8) is 0 Å². The summed E-state index contributed by atoms with van der Waals surface area (Å²) < 4.78 is 5.47. The maximum atomic E-state index is 13.6. The van der Waals surface area contributed by atoms with E-state index in [4.69, 9.17) is 9.73 Å². The Balaban J connectivity index is 1.85. The number of nitrogens with one attached hydrogen (secondary N) is 2. The van der Waals surface area contributed by atoms with Crippen LogP contribution in [0.5, 0.6) is 0 Å². The van der Waals surface area contributed by atoms with Crippen LogP contribution in [0.3, 0.4) is 0 Å². The summed E-state index contributed by atoms with van der Waals surface area (Å²) in [5, 5.41) is 15.9. The lowest BCUT2D eigenvalue weighted by atomic mass is 9.84. The fourth-order valence-electron chi connectivity index (χ4n) is 4.86. The Morgan fingerprint density at radius 3 is 2.38 bits per heavy atom. The summed E-state index contributed by atoms with van der Waals surface area (Å²) in [6.07, 6.45) is 7.57. The van der Waals surface area contributed by atoms with Crippen LogP contribution in [-0.2, 0) is 9.53 Å². The van der Waals surface area contributed by atoms with Crippen LogP contribution in [0.4, 0.5) is 4.79 Å². The highest BCUT2D eigenvalue weighted by molar-refractivity contribution is 5.97. The summed E-state index contributed by atoms with van der Waals surface area (Å²) in [7, 11) is 5.38. The van der Waals surface area contributed by atoms with Crippen molar-refractivity contribution in [2.75, 3.05) is 60.5 Å². The minimum Gasteiger partial charge on any atom is -0.378 e. The monoisotopic (exact) mass is 475 g/mol. The van der Waals surface area contributed by atoms with Gasteiger partial charge in [0.05, 0.1) is 19.3 Å². The molecule has 0 aromatic carbocycles. The van der Waals surface area contributed by atoms with Gasteiger partial charge in [0.15, 0.2) is 0 Å². The molecule has 3 amide bonds. The zero-order valence-corrected chi connectivity index (χ0v) is 21.0. The van der Waals surface area contributed by atoms with Gasteiger partial charge in [0.25, 0.3) is 0 Å². The van der Waals surface area contributed by atoms with Gasteiger partial charge in [-0.25, -0.2) is 9.79 Å². The molecule has 1 aliphatic carbocycles. The number of aliphatic imine (C=N–C) groups is 1. The van der Waals surface area contributed by atoms with Gasteiger partial charge in [-0.05, 0) is 32.2 Å². The highest BCUT2D eigenvalue weighted by Crippen LogP contribution is 2.29. The summed E-state index contributed by atoms with van der Waals surface area (Å²) in [5.41, 5.74) is -0.865. The van der Waals surface area contributed by atoms with Gasteiger partial charge in [0, 0.05) is 40.3 Å². The lowest BCUT2D eigenvalue weighted by Gasteiger charge is -2.37. The number of ether oxygens (including phenoxy) is 1. The van der Waals surface area contributed by atoms with Crippen LogP contribution >= 0.6 is 0 Å². The summed E-state index contributed by atoms with van der Waals surface area (Å²) in [6.45, 7) is 3.81. The molecule has 190 valence electrons. The highest BCUT2D eigenvalue weighted by Gasteiger charge is 2.38. The predicted octanol–water partition coefficient (Wildman–Crippen LogP) is 1.39. The zero-order valence-electron chi connectivity index (χ0n) is 21.0. The summed E-state index contributed by atoms with van der Waals surface area (Å²) >= 11 is 0. The highest BCUT2D eigenvalue weighted by atomic mass is 16.5. The number of guanidine groups is 1. The minimum absolute atomic E-state index is 0.221. The molecule has 0 bridgehead atoms. The van der Waals surface area contributed by atoms with Gasteiger partial charge < -0.3 is 24.8 Å². The van der Waals surface area contributed by atoms with Crippen molar-refractivity contribution in [2.24, 2.45) is 10.9 Å². The number of urea groups is 1. The van der Waals surface area contributed by atoms with Crippen molar-refractivity contribution in [1.82, 2.24) is 25.3 Å². The summed E-state index contributed by atoms with van der Waals surface area (Å²) in [5.74, 6) is 0.605. The van der Waals surface area contributed by atoms with Gasteiger partial charge in [0.2, 0.25) is 11.9 Å². The van der Waals surface area contributed by atoms with Crippen LogP contribution in [0.2, 0.25) is 0 Å². The molecule has 2 N–H and O–H groups in total. The standard InChI is InChI=1S/C24H41N7O3/c1-29(2)23(33)27-22(31-13-15-34-16-14-31)26-20(17-19-7-5-4-6-8-19)21(32)28-24(18-25)9-11-30(3)12-10-24/h19-20H,4-17H2,1-3H3,(H,28,32)(H,26,27,33).